The molecule has 0 bridgehead atoms. The molecule has 31 heavy (non-hydrogen) atoms. The van der Waals surface area contributed by atoms with Gasteiger partial charge in [0.05, 0.1) is 10.6 Å². The number of hydrogen-bond donors (Lipinski definition) is 1. The molecule has 1 aliphatic heterocycles. The molecule has 3 aromatic carbocycles. The van der Waals surface area contributed by atoms with Crippen LogP contribution < -0.4 is 14.8 Å². The summed E-state index contributed by atoms with van der Waals surface area (Å²) in [5.41, 5.74) is 2.89. The third-order valence-electron chi connectivity index (χ3n) is 5.00. The number of rotatable bonds is 8. The molecule has 1 N–H and O–H groups in total. The van der Waals surface area contributed by atoms with Gasteiger partial charge in [0.1, 0.15) is 18.1 Å². The molecule has 0 spiro atoms. The molecule has 0 saturated carbocycles. The highest BCUT2D eigenvalue weighted by molar-refractivity contribution is 9.10. The number of nitrogens with one attached hydrogen (secondary N) is 1. The van der Waals surface area contributed by atoms with Crippen LogP contribution in [0.1, 0.15) is 12.8 Å². The van der Waals surface area contributed by atoms with Gasteiger partial charge in [-0.15, -0.1) is 0 Å². The van der Waals surface area contributed by atoms with Crippen molar-refractivity contribution >= 4 is 27.5 Å². The van der Waals surface area contributed by atoms with Crippen LogP contribution >= 0.6 is 15.9 Å². The zero-order valence-electron chi connectivity index (χ0n) is 17.1. The molecular weight excluding hydrogens is 458 g/mol. The molecule has 0 aliphatic carbocycles. The molecular formula is C25H24BrNO4. The van der Waals surface area contributed by atoms with Crippen LogP contribution in [-0.4, -0.2) is 31.8 Å². The first-order chi connectivity index (χ1) is 15.2. The molecule has 5 nitrogen and oxygen atoms in total. The highest BCUT2D eigenvalue weighted by Crippen LogP contribution is 2.30. The van der Waals surface area contributed by atoms with E-state index in [0.29, 0.717) is 18.0 Å². The Bertz CT molecular complexity index is 1000. The van der Waals surface area contributed by atoms with Crippen molar-refractivity contribution in [3.63, 3.8) is 0 Å². The Morgan fingerprint density at radius 2 is 1.81 bits per heavy atom. The molecule has 1 atom stereocenters. The first-order valence-electron chi connectivity index (χ1n) is 10.3. The van der Waals surface area contributed by atoms with E-state index in [1.165, 1.54) is 0 Å². The Labute approximate surface area is 190 Å². The fourth-order valence-corrected chi connectivity index (χ4v) is 3.86. The lowest BCUT2D eigenvalue weighted by Crippen LogP contribution is -2.20. The topological polar surface area (TPSA) is 56.8 Å². The van der Waals surface area contributed by atoms with Crippen molar-refractivity contribution in [1.29, 1.82) is 0 Å². The van der Waals surface area contributed by atoms with Gasteiger partial charge in [-0.05, 0) is 76.3 Å². The van der Waals surface area contributed by atoms with Crippen LogP contribution in [0.5, 0.6) is 11.5 Å². The summed E-state index contributed by atoms with van der Waals surface area (Å²) in [6.45, 7) is 1.28. The molecule has 0 radical (unpaired) electrons. The number of benzene rings is 3. The maximum Gasteiger partial charge on any atom is 0.262 e. The number of carbonyl (C=O) groups excluding carboxylic acids is 1. The highest BCUT2D eigenvalue weighted by atomic mass is 79.9. The van der Waals surface area contributed by atoms with Gasteiger partial charge in [-0.2, -0.15) is 0 Å². The van der Waals surface area contributed by atoms with E-state index >= 15 is 0 Å². The number of amides is 1. The number of halogens is 1. The predicted octanol–water partition coefficient (Wildman–Crippen LogP) is 5.69. The summed E-state index contributed by atoms with van der Waals surface area (Å²) < 4.78 is 17.8. The molecule has 1 amide bonds. The summed E-state index contributed by atoms with van der Waals surface area (Å²) in [5.74, 6) is 1.15. The van der Waals surface area contributed by atoms with Crippen molar-refractivity contribution in [2.24, 2.45) is 0 Å². The van der Waals surface area contributed by atoms with Gasteiger partial charge in [0.15, 0.2) is 6.61 Å². The first-order valence-corrected chi connectivity index (χ1v) is 11.1. The van der Waals surface area contributed by atoms with Crippen LogP contribution in [-0.2, 0) is 9.53 Å². The monoisotopic (exact) mass is 481 g/mol. The van der Waals surface area contributed by atoms with Crippen LogP contribution in [0, 0.1) is 0 Å². The molecule has 0 unspecified atom stereocenters. The number of anilines is 1. The second-order valence-corrected chi connectivity index (χ2v) is 8.17. The lowest BCUT2D eigenvalue weighted by atomic mass is 10.1. The molecule has 4 rings (SSSR count). The molecule has 0 aromatic heterocycles. The molecule has 6 heteroatoms. The minimum atomic E-state index is -0.230. The van der Waals surface area contributed by atoms with E-state index in [1.54, 1.807) is 0 Å². The fourth-order valence-electron chi connectivity index (χ4n) is 3.37. The summed E-state index contributed by atoms with van der Waals surface area (Å²) in [7, 11) is 0. The fraction of sp³-hybridized carbons (Fsp3) is 0.240. The summed E-state index contributed by atoms with van der Waals surface area (Å²) in [6.07, 6.45) is 2.31. The average Bonchev–Trinajstić information content (AvgIpc) is 3.32. The smallest absolute Gasteiger partial charge is 0.262 e. The minimum Gasteiger partial charge on any atom is -0.491 e. The van der Waals surface area contributed by atoms with Gasteiger partial charge in [0, 0.05) is 12.3 Å². The van der Waals surface area contributed by atoms with Gasteiger partial charge in [-0.1, -0.05) is 36.4 Å². The maximum absolute atomic E-state index is 12.3. The Morgan fingerprint density at radius 3 is 2.52 bits per heavy atom. The second kappa shape index (κ2) is 10.5. The largest absolute Gasteiger partial charge is 0.491 e. The maximum atomic E-state index is 12.3. The van der Waals surface area contributed by atoms with Crippen molar-refractivity contribution in [3.8, 4) is 22.6 Å². The van der Waals surface area contributed by atoms with Crippen LogP contribution in [0.25, 0.3) is 11.1 Å². The van der Waals surface area contributed by atoms with Crippen molar-refractivity contribution in [1.82, 2.24) is 0 Å². The Balaban J connectivity index is 1.26. The van der Waals surface area contributed by atoms with Gasteiger partial charge in [0.25, 0.3) is 5.91 Å². The van der Waals surface area contributed by atoms with E-state index in [2.05, 4.69) is 33.4 Å². The van der Waals surface area contributed by atoms with Gasteiger partial charge >= 0.3 is 0 Å². The zero-order valence-corrected chi connectivity index (χ0v) is 18.6. The molecule has 1 saturated heterocycles. The molecule has 1 heterocycles. The summed E-state index contributed by atoms with van der Waals surface area (Å²) in [4.78, 5) is 12.3. The van der Waals surface area contributed by atoms with Crippen molar-refractivity contribution in [2.45, 2.75) is 18.9 Å². The van der Waals surface area contributed by atoms with Gasteiger partial charge in [-0.25, -0.2) is 0 Å². The summed E-state index contributed by atoms with van der Waals surface area (Å²) >= 11 is 3.53. The van der Waals surface area contributed by atoms with Crippen LogP contribution in [0.4, 0.5) is 5.69 Å². The number of ether oxygens (including phenoxy) is 3. The minimum absolute atomic E-state index is 0.0828. The van der Waals surface area contributed by atoms with E-state index in [1.807, 2.05) is 60.7 Å². The van der Waals surface area contributed by atoms with Gasteiger partial charge < -0.3 is 19.5 Å². The van der Waals surface area contributed by atoms with Crippen LogP contribution in [0.3, 0.4) is 0 Å². The van der Waals surface area contributed by atoms with Crippen molar-refractivity contribution < 1.29 is 19.0 Å². The Hall–Kier alpha value is -2.83. The summed E-state index contributed by atoms with van der Waals surface area (Å²) in [6, 6.07) is 23.2. The van der Waals surface area contributed by atoms with Crippen molar-refractivity contribution in [3.05, 3.63) is 77.3 Å². The second-order valence-electron chi connectivity index (χ2n) is 7.32. The van der Waals surface area contributed by atoms with E-state index in [4.69, 9.17) is 14.2 Å². The van der Waals surface area contributed by atoms with Gasteiger partial charge in [-0.3, -0.25) is 4.79 Å². The highest BCUT2D eigenvalue weighted by Gasteiger charge is 2.16. The van der Waals surface area contributed by atoms with Crippen LogP contribution in [0.15, 0.2) is 77.3 Å². The van der Waals surface area contributed by atoms with E-state index in [-0.39, 0.29) is 18.6 Å². The Morgan fingerprint density at radius 1 is 1.00 bits per heavy atom. The number of carbonyl (C=O) groups is 1. The van der Waals surface area contributed by atoms with Gasteiger partial charge in [0.2, 0.25) is 0 Å². The normalized spacial score (nSPS) is 15.5. The first kappa shape index (κ1) is 21.4. The van der Waals surface area contributed by atoms with E-state index < -0.39 is 0 Å². The SMILES string of the molecule is O=C(COc1ccc(-c2ccccc2)cc1Br)Nc1ccc(OC[C@H]2CCCO2)cc1. The van der Waals surface area contributed by atoms with Crippen molar-refractivity contribution in [2.75, 3.05) is 25.1 Å². The zero-order chi connectivity index (χ0) is 21.5. The third-order valence-corrected chi connectivity index (χ3v) is 5.62. The molecule has 3 aromatic rings. The Kier molecular flexibility index (Phi) is 7.22. The third kappa shape index (κ3) is 6.09. The standard InChI is InChI=1S/C25H24BrNO4/c26-23-15-19(18-5-2-1-3-6-18)8-13-24(23)31-17-25(28)27-20-9-11-21(12-10-20)30-16-22-7-4-14-29-22/h1-3,5-6,8-13,15,22H,4,7,14,16-17H2,(H,27,28)/t22-/m1/s1. The molecule has 1 aliphatic rings. The molecule has 1 fully saturated rings. The predicted molar refractivity (Wildman–Crippen MR) is 125 cm³/mol. The van der Waals surface area contributed by atoms with Crippen LogP contribution in [0.2, 0.25) is 0 Å². The summed E-state index contributed by atoms with van der Waals surface area (Å²) in [5, 5.41) is 2.83. The van der Waals surface area contributed by atoms with E-state index in [9.17, 15) is 4.79 Å². The molecule has 160 valence electrons. The number of hydrogen-bond acceptors (Lipinski definition) is 4. The van der Waals surface area contributed by atoms with E-state index in [0.717, 1.165) is 40.8 Å². The quantitative estimate of drug-likeness (QED) is 0.448. The lowest BCUT2D eigenvalue weighted by Gasteiger charge is -2.12. The lowest BCUT2D eigenvalue weighted by molar-refractivity contribution is -0.118. The average molecular weight is 482 g/mol.